The van der Waals surface area contributed by atoms with Gasteiger partial charge in [-0.3, -0.25) is 0 Å². The molecule has 1 fully saturated rings. The van der Waals surface area contributed by atoms with E-state index in [1.165, 1.54) is 0 Å². The van der Waals surface area contributed by atoms with Gasteiger partial charge in [-0.15, -0.1) is 0 Å². The number of nitrogens with one attached hydrogen (secondary N) is 1. The van der Waals surface area contributed by atoms with Crippen LogP contribution in [-0.2, 0) is 16.4 Å². The maximum atomic E-state index is 13.4. The molecule has 0 saturated carbocycles. The highest BCUT2D eigenvalue weighted by Crippen LogP contribution is 2.37. The Balaban J connectivity index is 1.96. The van der Waals surface area contributed by atoms with E-state index in [0.717, 1.165) is 19.4 Å². The van der Waals surface area contributed by atoms with Crippen LogP contribution in [0, 0.1) is 6.92 Å². The van der Waals surface area contributed by atoms with Crippen molar-refractivity contribution < 1.29 is 8.42 Å². The van der Waals surface area contributed by atoms with Crippen molar-refractivity contribution >= 4 is 32.5 Å². The van der Waals surface area contributed by atoms with E-state index >= 15 is 0 Å². The second-order valence-corrected chi connectivity index (χ2v) is 8.92. The zero-order valence-electron chi connectivity index (χ0n) is 14.4. The molecule has 1 aliphatic heterocycles. The summed E-state index contributed by atoms with van der Waals surface area (Å²) in [5.74, 6) is 0. The van der Waals surface area contributed by atoms with Crippen LogP contribution < -0.4 is 5.32 Å². The van der Waals surface area contributed by atoms with Gasteiger partial charge in [0, 0.05) is 24.5 Å². The molecule has 7 heteroatoms. The number of halogens is 1. The highest BCUT2D eigenvalue weighted by Gasteiger charge is 2.30. The third kappa shape index (κ3) is 2.82. The average molecular weight is 390 g/mol. The Morgan fingerprint density at radius 2 is 2.04 bits per heavy atom. The molecule has 2 aromatic heterocycles. The smallest absolute Gasteiger partial charge is 0.209 e. The molecule has 26 heavy (non-hydrogen) atoms. The van der Waals surface area contributed by atoms with E-state index in [1.807, 2.05) is 11.5 Å². The molecule has 3 heterocycles. The van der Waals surface area contributed by atoms with E-state index in [1.54, 1.807) is 42.6 Å². The molecule has 1 saturated heterocycles. The number of nitrogens with zero attached hydrogens (tertiary/aromatic N) is 2. The summed E-state index contributed by atoms with van der Waals surface area (Å²) in [7, 11) is -3.70. The topological polar surface area (TPSA) is 64.0 Å². The molecule has 1 aromatic carbocycles. The SMILES string of the molecule is Cc1c(S(=O)(=O)c2ccccc2)c2c(Cl)ccnc2n1C[C@@H]1CCCN1. The first-order valence-electron chi connectivity index (χ1n) is 8.67. The summed E-state index contributed by atoms with van der Waals surface area (Å²) >= 11 is 6.42. The Bertz CT molecular complexity index is 1060. The molecule has 136 valence electrons. The van der Waals surface area contributed by atoms with Gasteiger partial charge in [0.15, 0.2) is 0 Å². The fourth-order valence-electron chi connectivity index (χ4n) is 3.71. The Morgan fingerprint density at radius 3 is 2.73 bits per heavy atom. The lowest BCUT2D eigenvalue weighted by Gasteiger charge is -2.14. The largest absolute Gasteiger partial charge is 0.327 e. The minimum absolute atomic E-state index is 0.259. The summed E-state index contributed by atoms with van der Waals surface area (Å²) in [6, 6.07) is 10.4. The number of benzene rings is 1. The molecule has 3 aromatic rings. The zero-order valence-corrected chi connectivity index (χ0v) is 16.0. The summed E-state index contributed by atoms with van der Waals surface area (Å²) in [5, 5.41) is 4.38. The number of aromatic nitrogens is 2. The van der Waals surface area contributed by atoms with Crippen LogP contribution in [0.3, 0.4) is 0 Å². The highest BCUT2D eigenvalue weighted by atomic mass is 35.5. The van der Waals surface area contributed by atoms with Gasteiger partial charge in [-0.1, -0.05) is 29.8 Å². The van der Waals surface area contributed by atoms with Gasteiger partial charge in [-0.05, 0) is 44.5 Å². The van der Waals surface area contributed by atoms with Crippen molar-refractivity contribution in [2.75, 3.05) is 6.54 Å². The van der Waals surface area contributed by atoms with Gasteiger partial charge in [0.2, 0.25) is 9.84 Å². The van der Waals surface area contributed by atoms with Crippen LogP contribution in [0.4, 0.5) is 0 Å². The fraction of sp³-hybridized carbons (Fsp3) is 0.316. The summed E-state index contributed by atoms with van der Waals surface area (Å²) in [5.41, 5.74) is 1.30. The molecule has 4 rings (SSSR count). The van der Waals surface area contributed by atoms with Gasteiger partial charge < -0.3 is 9.88 Å². The summed E-state index contributed by atoms with van der Waals surface area (Å²) in [6.07, 6.45) is 3.83. The van der Waals surface area contributed by atoms with Crippen LogP contribution in [-0.4, -0.2) is 30.6 Å². The first-order chi connectivity index (χ1) is 12.5. The number of fused-ring (bicyclic) bond motifs is 1. The molecular formula is C19H20ClN3O2S. The van der Waals surface area contributed by atoms with Crippen molar-refractivity contribution in [1.29, 1.82) is 0 Å². The van der Waals surface area contributed by atoms with E-state index in [0.29, 0.717) is 34.3 Å². The molecule has 0 radical (unpaired) electrons. The number of hydrogen-bond acceptors (Lipinski definition) is 4. The van der Waals surface area contributed by atoms with Crippen molar-refractivity contribution in [3.63, 3.8) is 0 Å². The predicted octanol–water partition coefficient (Wildman–Crippen LogP) is 3.58. The van der Waals surface area contributed by atoms with Crippen LogP contribution in [0.25, 0.3) is 11.0 Å². The number of rotatable bonds is 4. The normalized spacial score (nSPS) is 17.8. The van der Waals surface area contributed by atoms with Gasteiger partial charge in [0.1, 0.15) is 10.5 Å². The quantitative estimate of drug-likeness (QED) is 0.740. The maximum Gasteiger partial charge on any atom is 0.209 e. The number of sulfone groups is 1. The van der Waals surface area contributed by atoms with Gasteiger partial charge >= 0.3 is 0 Å². The van der Waals surface area contributed by atoms with Crippen molar-refractivity contribution in [2.24, 2.45) is 0 Å². The van der Waals surface area contributed by atoms with Gasteiger partial charge in [-0.2, -0.15) is 0 Å². The molecule has 1 aliphatic rings. The highest BCUT2D eigenvalue weighted by molar-refractivity contribution is 7.91. The summed E-state index contributed by atoms with van der Waals surface area (Å²) < 4.78 is 28.7. The van der Waals surface area contributed by atoms with Crippen LogP contribution in [0.2, 0.25) is 5.02 Å². The van der Waals surface area contributed by atoms with Gasteiger partial charge in [0.05, 0.1) is 15.3 Å². The lowest BCUT2D eigenvalue weighted by atomic mass is 10.2. The Hall–Kier alpha value is -1.89. The molecule has 0 spiro atoms. The lowest BCUT2D eigenvalue weighted by molar-refractivity contribution is 0.508. The molecule has 5 nitrogen and oxygen atoms in total. The predicted molar refractivity (Wildman–Crippen MR) is 102 cm³/mol. The van der Waals surface area contributed by atoms with E-state index in [2.05, 4.69) is 10.3 Å². The van der Waals surface area contributed by atoms with Crippen molar-refractivity contribution in [3.05, 3.63) is 53.3 Å². The zero-order chi connectivity index (χ0) is 18.3. The average Bonchev–Trinajstić information content (AvgIpc) is 3.24. The van der Waals surface area contributed by atoms with E-state index < -0.39 is 9.84 Å². The molecule has 0 bridgehead atoms. The van der Waals surface area contributed by atoms with Crippen molar-refractivity contribution in [1.82, 2.24) is 14.9 Å². The van der Waals surface area contributed by atoms with Crippen LogP contribution in [0.15, 0.2) is 52.4 Å². The first-order valence-corrected chi connectivity index (χ1v) is 10.5. The monoisotopic (exact) mass is 389 g/mol. The minimum atomic E-state index is -3.70. The molecule has 0 unspecified atom stereocenters. The van der Waals surface area contributed by atoms with E-state index in [9.17, 15) is 8.42 Å². The second kappa shape index (κ2) is 6.68. The summed E-state index contributed by atoms with van der Waals surface area (Å²) in [6.45, 7) is 3.51. The van der Waals surface area contributed by atoms with Crippen molar-refractivity contribution in [2.45, 2.75) is 42.1 Å². The molecule has 1 N–H and O–H groups in total. The molecular weight excluding hydrogens is 370 g/mol. The molecule has 1 atom stereocenters. The van der Waals surface area contributed by atoms with Crippen molar-refractivity contribution in [3.8, 4) is 0 Å². The van der Waals surface area contributed by atoms with Crippen LogP contribution >= 0.6 is 11.6 Å². The van der Waals surface area contributed by atoms with Gasteiger partial charge in [0.25, 0.3) is 0 Å². The lowest BCUT2D eigenvalue weighted by Crippen LogP contribution is -2.27. The van der Waals surface area contributed by atoms with E-state index in [4.69, 9.17) is 11.6 Å². The Morgan fingerprint density at radius 1 is 1.27 bits per heavy atom. The third-order valence-corrected chi connectivity index (χ3v) is 7.23. The second-order valence-electron chi connectivity index (χ2n) is 6.63. The van der Waals surface area contributed by atoms with E-state index in [-0.39, 0.29) is 9.79 Å². The number of hydrogen-bond donors (Lipinski definition) is 1. The fourth-order valence-corrected chi connectivity index (χ4v) is 5.72. The van der Waals surface area contributed by atoms with Crippen LogP contribution in [0.1, 0.15) is 18.5 Å². The third-order valence-electron chi connectivity index (χ3n) is 4.98. The molecule has 0 aliphatic carbocycles. The Labute approximate surface area is 157 Å². The number of pyridine rings is 1. The molecule has 0 amide bonds. The summed E-state index contributed by atoms with van der Waals surface area (Å²) in [4.78, 5) is 4.98. The van der Waals surface area contributed by atoms with Crippen LogP contribution in [0.5, 0.6) is 0 Å². The minimum Gasteiger partial charge on any atom is -0.327 e. The maximum absolute atomic E-state index is 13.4. The van der Waals surface area contributed by atoms with Gasteiger partial charge in [-0.25, -0.2) is 13.4 Å². The first kappa shape index (κ1) is 17.5. The standard InChI is InChI=1S/C19H20ClN3O2S/c1-13-18(26(24,25)15-7-3-2-4-8-15)17-16(20)9-11-22-19(17)23(13)12-14-6-5-10-21-14/h2-4,7-9,11,14,21H,5-6,10,12H2,1H3/t14-/m0/s1. The Kier molecular flexibility index (Phi) is 4.50.